The van der Waals surface area contributed by atoms with E-state index < -0.39 is 0 Å². The topological polar surface area (TPSA) is 51.2 Å². The van der Waals surface area contributed by atoms with Gasteiger partial charge in [-0.25, -0.2) is 4.98 Å². The Balaban J connectivity index is 1.38. The minimum absolute atomic E-state index is 0.0383. The first-order valence-electron chi connectivity index (χ1n) is 10.2. The number of aromatic nitrogens is 1. The minimum Gasteiger partial charge on any atom is -0.483 e. The molecule has 0 spiro atoms. The van der Waals surface area contributed by atoms with E-state index in [1.807, 2.05) is 80.7 Å². The van der Waals surface area contributed by atoms with E-state index in [9.17, 15) is 4.79 Å². The van der Waals surface area contributed by atoms with Crippen LogP contribution in [0.3, 0.4) is 0 Å². The number of benzene rings is 3. The number of amides is 1. The molecule has 32 heavy (non-hydrogen) atoms. The van der Waals surface area contributed by atoms with Crippen molar-refractivity contribution in [1.82, 2.24) is 4.98 Å². The Morgan fingerprint density at radius 3 is 2.31 bits per heavy atom. The molecule has 0 aliphatic heterocycles. The lowest BCUT2D eigenvalue weighted by Gasteiger charge is -2.14. The molecular weight excluding hydrogens is 440 g/mol. The molecule has 4 nitrogen and oxygen atoms in total. The number of ether oxygens (including phenoxy) is 1. The molecule has 1 amide bonds. The molecule has 0 unspecified atom stereocenters. The number of nitrogens with one attached hydrogen (secondary N) is 1. The molecule has 1 aromatic heterocycles. The van der Waals surface area contributed by atoms with Crippen molar-refractivity contribution >= 4 is 34.5 Å². The van der Waals surface area contributed by atoms with Crippen LogP contribution < -0.4 is 10.1 Å². The van der Waals surface area contributed by atoms with Gasteiger partial charge in [-0.1, -0.05) is 48.0 Å². The largest absolute Gasteiger partial charge is 0.483 e. The summed E-state index contributed by atoms with van der Waals surface area (Å²) in [5.41, 5.74) is 6.85. The molecule has 4 rings (SSSR count). The van der Waals surface area contributed by atoms with Crippen LogP contribution in [-0.4, -0.2) is 17.5 Å². The molecule has 1 heterocycles. The highest BCUT2D eigenvalue weighted by molar-refractivity contribution is 7.13. The summed E-state index contributed by atoms with van der Waals surface area (Å²) in [6.07, 6.45) is 0. The highest BCUT2D eigenvalue weighted by Gasteiger charge is 2.11. The second-order valence-corrected chi connectivity index (χ2v) is 8.91. The summed E-state index contributed by atoms with van der Waals surface area (Å²) in [6.45, 7) is 5.98. The molecule has 0 aliphatic carbocycles. The number of hydrogen-bond acceptors (Lipinski definition) is 4. The van der Waals surface area contributed by atoms with Crippen LogP contribution in [0.5, 0.6) is 5.75 Å². The third kappa shape index (κ3) is 5.01. The highest BCUT2D eigenvalue weighted by atomic mass is 35.5. The number of nitrogens with zero attached hydrogens (tertiary/aromatic N) is 1. The highest BCUT2D eigenvalue weighted by Crippen LogP contribution is 2.30. The van der Waals surface area contributed by atoms with Crippen LogP contribution in [0.1, 0.15) is 16.7 Å². The van der Waals surface area contributed by atoms with Crippen molar-refractivity contribution in [3.63, 3.8) is 0 Å². The maximum absolute atomic E-state index is 12.4. The van der Waals surface area contributed by atoms with Crippen LogP contribution in [0.4, 0.5) is 5.69 Å². The minimum atomic E-state index is -0.197. The molecule has 0 atom stereocenters. The number of hydrogen-bond donors (Lipinski definition) is 1. The molecule has 3 aromatic carbocycles. The van der Waals surface area contributed by atoms with Gasteiger partial charge >= 0.3 is 0 Å². The fourth-order valence-corrected chi connectivity index (χ4v) is 4.30. The standard InChI is InChI=1S/C26H23ClN2O2S/c1-16-4-5-17(2)25(18(16)3)31-14-24(30)28-22-12-8-19(9-13-22)23-15-32-26(29-23)20-6-10-21(27)11-7-20/h4-13,15H,14H2,1-3H3,(H,28,30). The molecule has 6 heteroatoms. The van der Waals surface area contributed by atoms with E-state index >= 15 is 0 Å². The van der Waals surface area contributed by atoms with Gasteiger partial charge in [0.15, 0.2) is 6.61 Å². The molecule has 0 aliphatic rings. The smallest absolute Gasteiger partial charge is 0.262 e. The molecule has 0 saturated carbocycles. The van der Waals surface area contributed by atoms with E-state index in [1.54, 1.807) is 11.3 Å². The van der Waals surface area contributed by atoms with Crippen LogP contribution >= 0.6 is 22.9 Å². The maximum Gasteiger partial charge on any atom is 0.262 e. The summed E-state index contributed by atoms with van der Waals surface area (Å²) >= 11 is 7.55. The lowest BCUT2D eigenvalue weighted by Crippen LogP contribution is -2.20. The quantitative estimate of drug-likeness (QED) is 0.333. The van der Waals surface area contributed by atoms with Gasteiger partial charge in [-0.15, -0.1) is 11.3 Å². The van der Waals surface area contributed by atoms with Gasteiger partial charge in [0.1, 0.15) is 10.8 Å². The zero-order valence-electron chi connectivity index (χ0n) is 18.1. The lowest BCUT2D eigenvalue weighted by atomic mass is 10.1. The summed E-state index contributed by atoms with van der Waals surface area (Å²) in [7, 11) is 0. The van der Waals surface area contributed by atoms with Gasteiger partial charge < -0.3 is 10.1 Å². The van der Waals surface area contributed by atoms with Crippen molar-refractivity contribution < 1.29 is 9.53 Å². The summed E-state index contributed by atoms with van der Waals surface area (Å²) < 4.78 is 5.80. The number of halogens is 1. The fourth-order valence-electron chi connectivity index (χ4n) is 3.34. The Labute approximate surface area is 196 Å². The number of anilines is 1. The van der Waals surface area contributed by atoms with Gasteiger partial charge in [-0.05, 0) is 61.7 Å². The molecular formula is C26H23ClN2O2S. The Bertz CT molecular complexity index is 1250. The van der Waals surface area contributed by atoms with E-state index in [4.69, 9.17) is 21.3 Å². The first-order chi connectivity index (χ1) is 15.4. The van der Waals surface area contributed by atoms with Crippen molar-refractivity contribution in [2.24, 2.45) is 0 Å². The van der Waals surface area contributed by atoms with Gasteiger partial charge in [0.05, 0.1) is 5.69 Å². The van der Waals surface area contributed by atoms with Crippen LogP contribution in [0, 0.1) is 20.8 Å². The Morgan fingerprint density at radius 1 is 0.938 bits per heavy atom. The predicted octanol–water partition coefficient (Wildman–Crippen LogP) is 7.07. The van der Waals surface area contributed by atoms with Crippen molar-refractivity contribution in [3.8, 4) is 27.6 Å². The van der Waals surface area contributed by atoms with Gasteiger partial charge in [-0.2, -0.15) is 0 Å². The average molecular weight is 463 g/mol. The zero-order valence-corrected chi connectivity index (χ0v) is 19.7. The van der Waals surface area contributed by atoms with Crippen LogP contribution in [-0.2, 0) is 4.79 Å². The molecule has 4 aromatic rings. The molecule has 0 radical (unpaired) electrons. The maximum atomic E-state index is 12.4. The summed E-state index contributed by atoms with van der Waals surface area (Å²) in [4.78, 5) is 17.1. The average Bonchev–Trinajstić information content (AvgIpc) is 3.28. The van der Waals surface area contributed by atoms with E-state index in [1.165, 1.54) is 0 Å². The molecule has 0 saturated heterocycles. The second-order valence-electron chi connectivity index (χ2n) is 7.61. The number of carbonyl (C=O) groups excluding carboxylic acids is 1. The van der Waals surface area contributed by atoms with E-state index in [0.717, 1.165) is 44.3 Å². The Morgan fingerprint density at radius 2 is 1.59 bits per heavy atom. The van der Waals surface area contributed by atoms with Crippen molar-refractivity contribution in [2.45, 2.75) is 20.8 Å². The van der Waals surface area contributed by atoms with Gasteiger partial charge in [-0.3, -0.25) is 4.79 Å². The van der Waals surface area contributed by atoms with Crippen LogP contribution in [0.25, 0.3) is 21.8 Å². The lowest BCUT2D eigenvalue weighted by molar-refractivity contribution is -0.118. The summed E-state index contributed by atoms with van der Waals surface area (Å²) in [5, 5.41) is 6.56. The number of carbonyl (C=O) groups is 1. The summed E-state index contributed by atoms with van der Waals surface area (Å²) in [5.74, 6) is 0.576. The second kappa shape index (κ2) is 9.55. The van der Waals surface area contributed by atoms with E-state index in [2.05, 4.69) is 11.4 Å². The third-order valence-corrected chi connectivity index (χ3v) is 6.42. The zero-order chi connectivity index (χ0) is 22.7. The van der Waals surface area contributed by atoms with Crippen molar-refractivity contribution in [3.05, 3.63) is 87.8 Å². The van der Waals surface area contributed by atoms with Crippen LogP contribution in [0.15, 0.2) is 66.0 Å². The van der Waals surface area contributed by atoms with Gasteiger partial charge in [0.25, 0.3) is 5.91 Å². The molecule has 0 bridgehead atoms. The normalized spacial score (nSPS) is 10.8. The van der Waals surface area contributed by atoms with Gasteiger partial charge in [0, 0.05) is 27.2 Å². The predicted molar refractivity (Wildman–Crippen MR) is 133 cm³/mol. The Hall–Kier alpha value is -3.15. The van der Waals surface area contributed by atoms with Gasteiger partial charge in [0.2, 0.25) is 0 Å². The van der Waals surface area contributed by atoms with Crippen molar-refractivity contribution in [2.75, 3.05) is 11.9 Å². The monoisotopic (exact) mass is 462 g/mol. The molecule has 0 fully saturated rings. The first-order valence-corrected chi connectivity index (χ1v) is 11.5. The van der Waals surface area contributed by atoms with E-state index in [-0.39, 0.29) is 12.5 Å². The Kier molecular flexibility index (Phi) is 6.58. The van der Waals surface area contributed by atoms with E-state index in [0.29, 0.717) is 10.7 Å². The third-order valence-electron chi connectivity index (χ3n) is 5.28. The SMILES string of the molecule is Cc1ccc(C)c(OCC(=O)Nc2ccc(-c3csc(-c4ccc(Cl)cc4)n3)cc2)c1C. The summed E-state index contributed by atoms with van der Waals surface area (Å²) in [6, 6.07) is 19.4. The molecule has 1 N–H and O–H groups in total. The number of thiazole rings is 1. The number of aryl methyl sites for hydroxylation is 2. The fraction of sp³-hybridized carbons (Fsp3) is 0.154. The first kappa shape index (κ1) is 22.1. The van der Waals surface area contributed by atoms with Crippen molar-refractivity contribution in [1.29, 1.82) is 0 Å². The molecule has 162 valence electrons. The van der Waals surface area contributed by atoms with Crippen LogP contribution in [0.2, 0.25) is 5.02 Å². The number of rotatable bonds is 6.